The number of hydrogen-bond acceptors (Lipinski definition) is 2. The van der Waals surface area contributed by atoms with E-state index < -0.39 is 0 Å². The van der Waals surface area contributed by atoms with E-state index in [0.29, 0.717) is 17.5 Å². The van der Waals surface area contributed by atoms with Crippen molar-refractivity contribution < 1.29 is 0 Å². The fourth-order valence-corrected chi connectivity index (χ4v) is 4.59. The summed E-state index contributed by atoms with van der Waals surface area (Å²) in [6.45, 7) is 7.19. The van der Waals surface area contributed by atoms with Crippen LogP contribution in [-0.4, -0.2) is 6.04 Å². The van der Waals surface area contributed by atoms with Crippen LogP contribution < -0.4 is 5.32 Å². The standard InChI is InChI=1S/C19H25NS/c1-14-12-19(2,3)13-16(14)20-18(17-10-7-11-21-17)15-8-5-4-6-9-15/h4-11,14,16,18,20H,12-13H2,1-3H3. The SMILES string of the molecule is CC1CC(C)(C)CC1NC(c1ccccc1)c1cccs1. The lowest BCUT2D eigenvalue weighted by Crippen LogP contribution is -2.35. The van der Waals surface area contributed by atoms with Crippen molar-refractivity contribution in [1.82, 2.24) is 5.32 Å². The second kappa shape index (κ2) is 5.94. The van der Waals surface area contributed by atoms with E-state index in [0.717, 1.165) is 5.92 Å². The van der Waals surface area contributed by atoms with Crippen molar-refractivity contribution in [3.63, 3.8) is 0 Å². The fourth-order valence-electron chi connectivity index (χ4n) is 3.77. The van der Waals surface area contributed by atoms with E-state index in [1.54, 1.807) is 0 Å². The molecule has 2 aromatic rings. The van der Waals surface area contributed by atoms with Gasteiger partial charge in [-0.25, -0.2) is 0 Å². The second-order valence-corrected chi connectivity index (χ2v) is 8.16. The number of hydrogen-bond donors (Lipinski definition) is 1. The molecule has 2 heteroatoms. The van der Waals surface area contributed by atoms with Crippen LogP contribution in [0.25, 0.3) is 0 Å². The van der Waals surface area contributed by atoms with Gasteiger partial charge in [0.15, 0.2) is 0 Å². The van der Waals surface area contributed by atoms with Crippen LogP contribution in [0, 0.1) is 11.3 Å². The largest absolute Gasteiger partial charge is 0.303 e. The lowest BCUT2D eigenvalue weighted by molar-refractivity contribution is 0.359. The normalized spacial score (nSPS) is 25.9. The maximum Gasteiger partial charge on any atom is 0.0673 e. The van der Waals surface area contributed by atoms with Gasteiger partial charge in [0.2, 0.25) is 0 Å². The van der Waals surface area contributed by atoms with Crippen LogP contribution in [0.2, 0.25) is 0 Å². The second-order valence-electron chi connectivity index (χ2n) is 7.18. The van der Waals surface area contributed by atoms with Crippen molar-refractivity contribution in [2.45, 2.75) is 45.7 Å². The molecule has 1 aliphatic rings. The summed E-state index contributed by atoms with van der Waals surface area (Å²) in [5.41, 5.74) is 1.84. The third-order valence-electron chi connectivity index (χ3n) is 4.68. The Kier molecular flexibility index (Phi) is 4.19. The van der Waals surface area contributed by atoms with Crippen LogP contribution in [0.1, 0.15) is 50.1 Å². The van der Waals surface area contributed by atoms with Gasteiger partial charge in [0.1, 0.15) is 0 Å². The summed E-state index contributed by atoms with van der Waals surface area (Å²) in [4.78, 5) is 1.41. The summed E-state index contributed by atoms with van der Waals surface area (Å²) in [5, 5.41) is 6.13. The van der Waals surface area contributed by atoms with Crippen LogP contribution in [0.3, 0.4) is 0 Å². The average Bonchev–Trinajstić information content (AvgIpc) is 3.05. The summed E-state index contributed by atoms with van der Waals surface area (Å²) >= 11 is 1.85. The van der Waals surface area contributed by atoms with Gasteiger partial charge < -0.3 is 5.32 Å². The molecule has 1 aromatic carbocycles. The minimum Gasteiger partial charge on any atom is -0.303 e. The monoisotopic (exact) mass is 299 g/mol. The highest BCUT2D eigenvalue weighted by atomic mass is 32.1. The fraction of sp³-hybridized carbons (Fsp3) is 0.474. The Hall–Kier alpha value is -1.12. The van der Waals surface area contributed by atoms with Crippen molar-refractivity contribution in [2.75, 3.05) is 0 Å². The highest BCUT2D eigenvalue weighted by Crippen LogP contribution is 2.42. The van der Waals surface area contributed by atoms with Gasteiger partial charge in [-0.1, -0.05) is 57.2 Å². The third kappa shape index (κ3) is 3.38. The Balaban J connectivity index is 1.84. The Morgan fingerprint density at radius 1 is 1.10 bits per heavy atom. The van der Waals surface area contributed by atoms with E-state index in [1.165, 1.54) is 23.3 Å². The molecular weight excluding hydrogens is 274 g/mol. The predicted octanol–water partition coefficient (Wildman–Crippen LogP) is 5.25. The molecule has 3 rings (SSSR count). The third-order valence-corrected chi connectivity index (χ3v) is 5.61. The molecule has 1 fully saturated rings. The van der Waals surface area contributed by atoms with Crippen molar-refractivity contribution in [3.8, 4) is 0 Å². The highest BCUT2D eigenvalue weighted by Gasteiger charge is 2.37. The molecule has 21 heavy (non-hydrogen) atoms. The van der Waals surface area contributed by atoms with Gasteiger partial charge in [0.05, 0.1) is 6.04 Å². The van der Waals surface area contributed by atoms with Gasteiger partial charge in [0.25, 0.3) is 0 Å². The summed E-state index contributed by atoms with van der Waals surface area (Å²) in [7, 11) is 0. The molecule has 0 radical (unpaired) electrons. The number of benzene rings is 1. The van der Waals surface area contributed by atoms with Crippen molar-refractivity contribution in [1.29, 1.82) is 0 Å². The maximum absolute atomic E-state index is 3.95. The molecule has 0 bridgehead atoms. The van der Waals surface area contributed by atoms with Crippen LogP contribution in [0.4, 0.5) is 0 Å². The van der Waals surface area contributed by atoms with Gasteiger partial charge in [-0.15, -0.1) is 11.3 Å². The van der Waals surface area contributed by atoms with Crippen molar-refractivity contribution in [3.05, 3.63) is 58.3 Å². The van der Waals surface area contributed by atoms with Crippen LogP contribution in [-0.2, 0) is 0 Å². The van der Waals surface area contributed by atoms with E-state index in [2.05, 4.69) is 73.9 Å². The van der Waals surface area contributed by atoms with E-state index >= 15 is 0 Å². The molecule has 1 heterocycles. The average molecular weight is 299 g/mol. The quantitative estimate of drug-likeness (QED) is 0.813. The Bertz CT molecular complexity index is 559. The molecule has 1 nitrogen and oxygen atoms in total. The number of nitrogens with one attached hydrogen (secondary N) is 1. The minimum atomic E-state index is 0.326. The maximum atomic E-state index is 3.95. The molecule has 1 saturated carbocycles. The Morgan fingerprint density at radius 3 is 2.43 bits per heavy atom. The van der Waals surface area contributed by atoms with Gasteiger partial charge in [-0.3, -0.25) is 0 Å². The van der Waals surface area contributed by atoms with Crippen LogP contribution >= 0.6 is 11.3 Å². The summed E-state index contributed by atoms with van der Waals surface area (Å²) in [6, 6.07) is 16.2. The van der Waals surface area contributed by atoms with E-state index in [9.17, 15) is 0 Å². The minimum absolute atomic E-state index is 0.326. The molecule has 112 valence electrons. The first-order chi connectivity index (χ1) is 10.1. The van der Waals surface area contributed by atoms with Gasteiger partial charge in [-0.05, 0) is 41.2 Å². The topological polar surface area (TPSA) is 12.0 Å². The molecule has 0 spiro atoms. The Morgan fingerprint density at radius 2 is 1.86 bits per heavy atom. The van der Waals surface area contributed by atoms with Gasteiger partial charge in [-0.2, -0.15) is 0 Å². The van der Waals surface area contributed by atoms with Crippen LogP contribution in [0.5, 0.6) is 0 Å². The smallest absolute Gasteiger partial charge is 0.0673 e. The first-order valence-electron chi connectivity index (χ1n) is 7.89. The Labute approximate surface area is 132 Å². The molecule has 1 aromatic heterocycles. The molecule has 0 amide bonds. The van der Waals surface area contributed by atoms with E-state index in [-0.39, 0.29) is 0 Å². The van der Waals surface area contributed by atoms with Crippen molar-refractivity contribution in [2.24, 2.45) is 11.3 Å². The summed E-state index contributed by atoms with van der Waals surface area (Å²) in [5.74, 6) is 0.742. The zero-order valence-corrected chi connectivity index (χ0v) is 14.0. The zero-order valence-electron chi connectivity index (χ0n) is 13.2. The molecule has 1 aliphatic carbocycles. The van der Waals surface area contributed by atoms with E-state index in [1.807, 2.05) is 11.3 Å². The zero-order chi connectivity index (χ0) is 14.9. The molecule has 0 saturated heterocycles. The highest BCUT2D eigenvalue weighted by molar-refractivity contribution is 7.10. The van der Waals surface area contributed by atoms with Crippen LogP contribution in [0.15, 0.2) is 47.8 Å². The first kappa shape index (κ1) is 14.8. The molecule has 0 aliphatic heterocycles. The van der Waals surface area contributed by atoms with Gasteiger partial charge in [0, 0.05) is 10.9 Å². The number of rotatable bonds is 4. The molecule has 3 unspecified atom stereocenters. The number of thiophene rings is 1. The molecule has 3 atom stereocenters. The molecular formula is C19H25NS. The lowest BCUT2D eigenvalue weighted by atomic mass is 9.91. The van der Waals surface area contributed by atoms with E-state index in [4.69, 9.17) is 0 Å². The van der Waals surface area contributed by atoms with Gasteiger partial charge >= 0.3 is 0 Å². The summed E-state index contributed by atoms with van der Waals surface area (Å²) in [6.07, 6.45) is 2.58. The molecule has 1 N–H and O–H groups in total. The predicted molar refractivity (Wildman–Crippen MR) is 91.7 cm³/mol. The summed E-state index contributed by atoms with van der Waals surface area (Å²) < 4.78 is 0. The first-order valence-corrected chi connectivity index (χ1v) is 8.77. The van der Waals surface area contributed by atoms with Crippen molar-refractivity contribution >= 4 is 11.3 Å². The lowest BCUT2D eigenvalue weighted by Gasteiger charge is -2.26.